The number of halogens is 1. The molecule has 0 saturated carbocycles. The smallest absolute Gasteiger partial charge is 0.266 e. The lowest BCUT2D eigenvalue weighted by Crippen LogP contribution is -2.36. The topological polar surface area (TPSA) is 60.2 Å². The van der Waals surface area contributed by atoms with Crippen LogP contribution in [-0.2, 0) is 6.54 Å². The zero-order valence-electron chi connectivity index (χ0n) is 17.2. The van der Waals surface area contributed by atoms with Crippen molar-refractivity contribution in [2.24, 2.45) is 0 Å². The molecular weight excluding hydrogens is 416 g/mol. The SMILES string of the molecule is Cc1nc(-c2ccc(Cl)cc2)sc1C(=O)N(CCN(C)C)Cc1ccc(C#N)cc1. The highest BCUT2D eigenvalue weighted by molar-refractivity contribution is 7.17. The highest BCUT2D eigenvalue weighted by atomic mass is 35.5. The summed E-state index contributed by atoms with van der Waals surface area (Å²) in [6, 6.07) is 16.9. The van der Waals surface area contributed by atoms with Crippen LogP contribution in [0.2, 0.25) is 5.02 Å². The molecule has 0 radical (unpaired) electrons. The van der Waals surface area contributed by atoms with E-state index in [0.29, 0.717) is 28.6 Å². The van der Waals surface area contributed by atoms with Crippen molar-refractivity contribution < 1.29 is 4.79 Å². The van der Waals surface area contributed by atoms with Gasteiger partial charge in [-0.05, 0) is 50.8 Å². The second-order valence-electron chi connectivity index (χ2n) is 7.28. The first kappa shape index (κ1) is 22.0. The van der Waals surface area contributed by atoms with Gasteiger partial charge in [0, 0.05) is 30.2 Å². The van der Waals surface area contributed by atoms with Gasteiger partial charge in [-0.3, -0.25) is 4.79 Å². The van der Waals surface area contributed by atoms with Crippen LogP contribution in [0, 0.1) is 18.3 Å². The van der Waals surface area contributed by atoms with Crippen LogP contribution >= 0.6 is 22.9 Å². The van der Waals surface area contributed by atoms with Gasteiger partial charge in [-0.25, -0.2) is 4.98 Å². The largest absolute Gasteiger partial charge is 0.332 e. The summed E-state index contributed by atoms with van der Waals surface area (Å²) in [5, 5.41) is 10.5. The van der Waals surface area contributed by atoms with Gasteiger partial charge >= 0.3 is 0 Å². The van der Waals surface area contributed by atoms with E-state index in [0.717, 1.165) is 28.4 Å². The van der Waals surface area contributed by atoms with Gasteiger partial charge in [0.1, 0.15) is 9.88 Å². The van der Waals surface area contributed by atoms with Gasteiger partial charge in [0.2, 0.25) is 0 Å². The lowest BCUT2D eigenvalue weighted by molar-refractivity contribution is 0.0736. The second kappa shape index (κ2) is 9.86. The molecule has 0 unspecified atom stereocenters. The average molecular weight is 439 g/mol. The molecule has 3 aromatic rings. The van der Waals surface area contributed by atoms with E-state index in [2.05, 4.69) is 16.0 Å². The molecule has 0 N–H and O–H groups in total. The first-order chi connectivity index (χ1) is 14.4. The van der Waals surface area contributed by atoms with Crippen LogP contribution in [0.3, 0.4) is 0 Å². The van der Waals surface area contributed by atoms with Crippen molar-refractivity contribution in [3.8, 4) is 16.6 Å². The fraction of sp³-hybridized carbons (Fsp3) is 0.261. The molecule has 3 rings (SSSR count). The molecule has 1 amide bonds. The normalized spacial score (nSPS) is 10.8. The number of thiazole rings is 1. The first-order valence-corrected chi connectivity index (χ1v) is 10.7. The van der Waals surface area contributed by atoms with Gasteiger partial charge in [-0.15, -0.1) is 11.3 Å². The molecule has 0 atom stereocenters. The zero-order valence-corrected chi connectivity index (χ0v) is 18.8. The van der Waals surface area contributed by atoms with E-state index in [9.17, 15) is 4.79 Å². The number of nitriles is 1. The highest BCUT2D eigenvalue weighted by Gasteiger charge is 2.22. The van der Waals surface area contributed by atoms with Gasteiger partial charge in [0.15, 0.2) is 0 Å². The number of hydrogen-bond acceptors (Lipinski definition) is 5. The standard InChI is InChI=1S/C23H23ClN4OS/c1-16-21(30-22(26-16)19-8-10-20(24)11-9-19)23(29)28(13-12-27(2)3)15-18-6-4-17(14-25)5-7-18/h4-11H,12-13,15H2,1-3H3. The van der Waals surface area contributed by atoms with Gasteiger partial charge in [-0.2, -0.15) is 5.26 Å². The molecule has 1 aromatic heterocycles. The molecule has 7 heteroatoms. The number of benzene rings is 2. The first-order valence-electron chi connectivity index (χ1n) is 9.54. The summed E-state index contributed by atoms with van der Waals surface area (Å²) in [6.45, 7) is 3.70. The minimum Gasteiger partial charge on any atom is -0.332 e. The van der Waals surface area contributed by atoms with E-state index in [1.54, 1.807) is 12.1 Å². The van der Waals surface area contributed by atoms with Crippen molar-refractivity contribution in [1.82, 2.24) is 14.8 Å². The fourth-order valence-corrected chi connectivity index (χ4v) is 4.10. The molecule has 0 aliphatic carbocycles. The molecule has 154 valence electrons. The number of aryl methyl sites for hydroxylation is 1. The number of amides is 1. The molecule has 0 saturated heterocycles. The molecule has 0 spiro atoms. The van der Waals surface area contributed by atoms with E-state index >= 15 is 0 Å². The lowest BCUT2D eigenvalue weighted by atomic mass is 10.1. The molecule has 0 fully saturated rings. The molecule has 0 bridgehead atoms. The molecule has 0 aliphatic heterocycles. The van der Waals surface area contributed by atoms with Crippen LogP contribution in [0.25, 0.3) is 10.6 Å². The Kier molecular flexibility index (Phi) is 7.22. The summed E-state index contributed by atoms with van der Waals surface area (Å²) in [5.74, 6) is -0.0311. The fourth-order valence-electron chi connectivity index (χ4n) is 2.93. The number of likely N-dealkylation sites (N-methyl/N-ethyl adjacent to an activating group) is 1. The Labute approximate surface area is 186 Å². The molecule has 1 heterocycles. The van der Waals surface area contributed by atoms with E-state index in [1.165, 1.54) is 11.3 Å². The Morgan fingerprint density at radius 1 is 1.10 bits per heavy atom. The van der Waals surface area contributed by atoms with Gasteiger partial charge < -0.3 is 9.80 Å². The van der Waals surface area contributed by atoms with Crippen molar-refractivity contribution in [1.29, 1.82) is 5.26 Å². The van der Waals surface area contributed by atoms with Crippen molar-refractivity contribution in [2.45, 2.75) is 13.5 Å². The summed E-state index contributed by atoms with van der Waals surface area (Å²) in [7, 11) is 3.97. The third kappa shape index (κ3) is 5.45. The third-order valence-corrected chi connectivity index (χ3v) is 6.09. The maximum absolute atomic E-state index is 13.4. The molecule has 5 nitrogen and oxygen atoms in total. The minimum absolute atomic E-state index is 0.0311. The highest BCUT2D eigenvalue weighted by Crippen LogP contribution is 2.30. The number of carbonyl (C=O) groups excluding carboxylic acids is 1. The van der Waals surface area contributed by atoms with Gasteiger partial charge in [-0.1, -0.05) is 35.9 Å². The van der Waals surface area contributed by atoms with Gasteiger partial charge in [0.05, 0.1) is 17.3 Å². The van der Waals surface area contributed by atoms with Crippen molar-refractivity contribution >= 4 is 28.8 Å². The molecule has 0 aliphatic rings. The van der Waals surface area contributed by atoms with Crippen LogP contribution < -0.4 is 0 Å². The predicted octanol–water partition coefficient (Wildman–Crippen LogP) is 4.85. The summed E-state index contributed by atoms with van der Waals surface area (Å²) in [6.07, 6.45) is 0. The van der Waals surface area contributed by atoms with E-state index < -0.39 is 0 Å². The summed E-state index contributed by atoms with van der Waals surface area (Å²) < 4.78 is 0. The molecule has 2 aromatic carbocycles. The number of rotatable bonds is 7. The predicted molar refractivity (Wildman–Crippen MR) is 122 cm³/mol. The summed E-state index contributed by atoms with van der Waals surface area (Å²) in [4.78, 5) is 22.6. The lowest BCUT2D eigenvalue weighted by Gasteiger charge is -2.24. The van der Waals surface area contributed by atoms with Crippen LogP contribution in [0.5, 0.6) is 0 Å². The number of carbonyl (C=O) groups is 1. The third-order valence-electron chi connectivity index (χ3n) is 4.64. The van der Waals surface area contributed by atoms with Crippen molar-refractivity contribution in [3.05, 3.63) is 75.3 Å². The number of hydrogen-bond donors (Lipinski definition) is 0. The molecule has 30 heavy (non-hydrogen) atoms. The van der Waals surface area contributed by atoms with Crippen LogP contribution in [0.15, 0.2) is 48.5 Å². The maximum Gasteiger partial charge on any atom is 0.266 e. The van der Waals surface area contributed by atoms with Crippen LogP contribution in [-0.4, -0.2) is 47.9 Å². The number of nitrogens with zero attached hydrogens (tertiary/aromatic N) is 4. The Hall–Kier alpha value is -2.72. The van der Waals surface area contributed by atoms with Crippen LogP contribution in [0.1, 0.15) is 26.5 Å². The van der Waals surface area contributed by atoms with E-state index in [1.807, 2.05) is 62.3 Å². The Bertz CT molecular complexity index is 1050. The van der Waals surface area contributed by atoms with Crippen LogP contribution in [0.4, 0.5) is 0 Å². The number of aromatic nitrogens is 1. The van der Waals surface area contributed by atoms with E-state index in [-0.39, 0.29) is 5.91 Å². The Morgan fingerprint density at radius 3 is 2.37 bits per heavy atom. The average Bonchev–Trinajstić information content (AvgIpc) is 3.13. The maximum atomic E-state index is 13.4. The zero-order chi connectivity index (χ0) is 21.7. The summed E-state index contributed by atoms with van der Waals surface area (Å²) >= 11 is 7.39. The van der Waals surface area contributed by atoms with Crippen molar-refractivity contribution in [2.75, 3.05) is 27.2 Å². The molecular formula is C23H23ClN4OS. The van der Waals surface area contributed by atoms with Crippen molar-refractivity contribution in [3.63, 3.8) is 0 Å². The quantitative estimate of drug-likeness (QED) is 0.529. The van der Waals surface area contributed by atoms with Gasteiger partial charge in [0.25, 0.3) is 5.91 Å². The second-order valence-corrected chi connectivity index (χ2v) is 8.71. The Morgan fingerprint density at radius 2 is 1.77 bits per heavy atom. The summed E-state index contributed by atoms with van der Waals surface area (Å²) in [5.41, 5.74) is 3.26. The van der Waals surface area contributed by atoms with E-state index in [4.69, 9.17) is 16.9 Å². The minimum atomic E-state index is -0.0311. The monoisotopic (exact) mass is 438 g/mol. The Balaban J connectivity index is 1.86.